The van der Waals surface area contributed by atoms with Crippen LogP contribution in [-0.2, 0) is 22.7 Å². The van der Waals surface area contributed by atoms with Crippen molar-refractivity contribution < 1.29 is 18.7 Å². The zero-order chi connectivity index (χ0) is 25.4. The minimum Gasteiger partial charge on any atom is -0.483 e. The molecule has 0 unspecified atom stereocenters. The Hall–Kier alpha value is -3.40. The molecule has 8 nitrogen and oxygen atoms in total. The van der Waals surface area contributed by atoms with E-state index in [0.29, 0.717) is 29.0 Å². The molecule has 0 atom stereocenters. The first-order valence-electron chi connectivity index (χ1n) is 11.4. The Labute approximate surface area is 208 Å². The molecular formula is C25H30FN5O3S. The number of hydrogen-bond acceptors (Lipinski definition) is 6. The number of amides is 2. The Morgan fingerprint density at radius 1 is 1.11 bits per heavy atom. The van der Waals surface area contributed by atoms with Crippen molar-refractivity contribution in [1.29, 1.82) is 0 Å². The summed E-state index contributed by atoms with van der Waals surface area (Å²) in [6.07, 6.45) is 0. The lowest BCUT2D eigenvalue weighted by Crippen LogP contribution is -2.29. The number of thioether (sulfide) groups is 1. The molecule has 0 spiro atoms. The summed E-state index contributed by atoms with van der Waals surface area (Å²) < 4.78 is 20.6. The molecule has 3 rings (SSSR count). The van der Waals surface area contributed by atoms with Crippen molar-refractivity contribution >= 4 is 29.3 Å². The van der Waals surface area contributed by atoms with Gasteiger partial charge >= 0.3 is 0 Å². The first kappa shape index (κ1) is 26.2. The predicted octanol–water partition coefficient (Wildman–Crippen LogP) is 4.29. The summed E-state index contributed by atoms with van der Waals surface area (Å²) in [5, 5.41) is 14.4. The van der Waals surface area contributed by atoms with Crippen LogP contribution in [0.1, 0.15) is 43.6 Å². The highest BCUT2D eigenvalue weighted by molar-refractivity contribution is 7.99. The van der Waals surface area contributed by atoms with Gasteiger partial charge in [-0.05, 0) is 61.2 Å². The van der Waals surface area contributed by atoms with Gasteiger partial charge in [0.05, 0.1) is 12.3 Å². The standard InChI is InChI=1S/C25H30FN5O3S/c1-5-31-22(13-27-23(32)14-34-21-12-17(4)6-11-20(21)16(2)3)29-30-25(31)35-15-24(33)28-19-9-7-18(26)8-10-19/h6-12,16H,5,13-15H2,1-4H3,(H,27,32)(H,28,33). The van der Waals surface area contributed by atoms with E-state index in [2.05, 4.69) is 34.7 Å². The normalized spacial score (nSPS) is 10.9. The smallest absolute Gasteiger partial charge is 0.258 e. The van der Waals surface area contributed by atoms with Gasteiger partial charge in [-0.15, -0.1) is 10.2 Å². The van der Waals surface area contributed by atoms with Crippen LogP contribution in [0.4, 0.5) is 10.1 Å². The van der Waals surface area contributed by atoms with Crippen LogP contribution in [-0.4, -0.2) is 38.9 Å². The number of aromatic nitrogens is 3. The van der Waals surface area contributed by atoms with Crippen molar-refractivity contribution in [2.45, 2.75) is 51.9 Å². The number of nitrogens with one attached hydrogen (secondary N) is 2. The van der Waals surface area contributed by atoms with Crippen molar-refractivity contribution in [1.82, 2.24) is 20.1 Å². The molecule has 186 valence electrons. The number of aryl methyl sites for hydroxylation is 1. The maximum absolute atomic E-state index is 13.0. The zero-order valence-electron chi connectivity index (χ0n) is 20.3. The average Bonchev–Trinajstić information content (AvgIpc) is 3.23. The SMILES string of the molecule is CCn1c(CNC(=O)COc2cc(C)ccc2C(C)C)nnc1SCC(=O)Nc1ccc(F)cc1. The van der Waals surface area contributed by atoms with E-state index >= 15 is 0 Å². The molecule has 0 saturated carbocycles. The molecule has 0 aliphatic heterocycles. The molecule has 1 aromatic heterocycles. The van der Waals surface area contributed by atoms with Crippen molar-refractivity contribution in [2.24, 2.45) is 0 Å². The van der Waals surface area contributed by atoms with Gasteiger partial charge in [-0.1, -0.05) is 37.7 Å². The Morgan fingerprint density at radius 3 is 2.54 bits per heavy atom. The van der Waals surface area contributed by atoms with Crippen LogP contribution >= 0.6 is 11.8 Å². The molecule has 0 saturated heterocycles. The van der Waals surface area contributed by atoms with E-state index in [4.69, 9.17) is 4.74 Å². The lowest BCUT2D eigenvalue weighted by atomic mass is 10.0. The first-order chi connectivity index (χ1) is 16.8. The lowest BCUT2D eigenvalue weighted by Gasteiger charge is -2.15. The van der Waals surface area contributed by atoms with Crippen LogP contribution in [0.5, 0.6) is 5.75 Å². The Morgan fingerprint density at radius 2 is 1.86 bits per heavy atom. The van der Waals surface area contributed by atoms with Crippen LogP contribution in [0.3, 0.4) is 0 Å². The van der Waals surface area contributed by atoms with E-state index in [1.807, 2.05) is 36.6 Å². The number of ether oxygens (including phenoxy) is 1. The number of hydrogen-bond donors (Lipinski definition) is 2. The molecule has 1 heterocycles. The van der Waals surface area contributed by atoms with Gasteiger partial charge in [0.25, 0.3) is 5.91 Å². The van der Waals surface area contributed by atoms with Crippen molar-refractivity contribution in [3.63, 3.8) is 0 Å². The molecule has 10 heteroatoms. The maximum Gasteiger partial charge on any atom is 0.258 e. The molecule has 0 bridgehead atoms. The van der Waals surface area contributed by atoms with Crippen molar-refractivity contribution in [3.05, 3.63) is 65.2 Å². The molecule has 0 aliphatic rings. The number of rotatable bonds is 11. The van der Waals surface area contributed by atoms with E-state index < -0.39 is 0 Å². The minimum absolute atomic E-state index is 0.103. The predicted molar refractivity (Wildman–Crippen MR) is 134 cm³/mol. The van der Waals surface area contributed by atoms with Crippen LogP contribution in [0.2, 0.25) is 0 Å². The van der Waals surface area contributed by atoms with E-state index in [9.17, 15) is 14.0 Å². The van der Waals surface area contributed by atoms with Crippen LogP contribution < -0.4 is 15.4 Å². The fourth-order valence-corrected chi connectivity index (χ4v) is 4.17. The summed E-state index contributed by atoms with van der Waals surface area (Å²) in [4.78, 5) is 24.6. The Balaban J connectivity index is 1.51. The number of anilines is 1. The van der Waals surface area contributed by atoms with Gasteiger partial charge in [0, 0.05) is 12.2 Å². The average molecular weight is 500 g/mol. The monoisotopic (exact) mass is 499 g/mol. The molecule has 0 aliphatic carbocycles. The highest BCUT2D eigenvalue weighted by atomic mass is 32.2. The van der Waals surface area contributed by atoms with E-state index in [-0.39, 0.29) is 42.5 Å². The third-order valence-corrected chi connectivity index (χ3v) is 6.13. The van der Waals surface area contributed by atoms with Crippen LogP contribution in [0.15, 0.2) is 47.6 Å². The van der Waals surface area contributed by atoms with Gasteiger partial charge in [-0.3, -0.25) is 9.59 Å². The second-order valence-corrected chi connectivity index (χ2v) is 9.19. The molecule has 2 amide bonds. The Bertz CT molecular complexity index is 1160. The molecule has 0 radical (unpaired) electrons. The summed E-state index contributed by atoms with van der Waals surface area (Å²) in [5.41, 5.74) is 2.64. The van der Waals surface area contributed by atoms with Gasteiger partial charge < -0.3 is 19.9 Å². The van der Waals surface area contributed by atoms with Crippen molar-refractivity contribution in [3.8, 4) is 5.75 Å². The van der Waals surface area contributed by atoms with Gasteiger partial charge in [-0.2, -0.15) is 0 Å². The molecule has 2 N–H and O–H groups in total. The van der Waals surface area contributed by atoms with Crippen molar-refractivity contribution in [2.75, 3.05) is 17.7 Å². The van der Waals surface area contributed by atoms with E-state index in [1.165, 1.54) is 36.0 Å². The second kappa shape index (κ2) is 12.3. The number of halogens is 1. The number of nitrogens with zero attached hydrogens (tertiary/aromatic N) is 3. The molecule has 0 fully saturated rings. The summed E-state index contributed by atoms with van der Waals surface area (Å²) >= 11 is 1.24. The first-order valence-corrected chi connectivity index (χ1v) is 12.4. The van der Waals surface area contributed by atoms with Gasteiger partial charge in [0.2, 0.25) is 5.91 Å². The number of benzene rings is 2. The third-order valence-electron chi connectivity index (χ3n) is 5.16. The van der Waals surface area contributed by atoms with Gasteiger partial charge in [0.15, 0.2) is 17.6 Å². The molecule has 2 aromatic carbocycles. The zero-order valence-corrected chi connectivity index (χ0v) is 21.1. The lowest BCUT2D eigenvalue weighted by molar-refractivity contribution is -0.123. The molecular weight excluding hydrogens is 469 g/mol. The molecule has 35 heavy (non-hydrogen) atoms. The van der Waals surface area contributed by atoms with Gasteiger partial charge in [0.1, 0.15) is 11.6 Å². The highest BCUT2D eigenvalue weighted by Crippen LogP contribution is 2.27. The number of carbonyl (C=O) groups is 2. The van der Waals surface area contributed by atoms with E-state index in [1.54, 1.807) is 0 Å². The fourth-order valence-electron chi connectivity index (χ4n) is 3.35. The largest absolute Gasteiger partial charge is 0.483 e. The van der Waals surface area contributed by atoms with Gasteiger partial charge in [-0.25, -0.2) is 4.39 Å². The minimum atomic E-state index is -0.366. The highest BCUT2D eigenvalue weighted by Gasteiger charge is 2.15. The second-order valence-electron chi connectivity index (χ2n) is 8.25. The summed E-state index contributed by atoms with van der Waals surface area (Å²) in [5.74, 6) is 0.825. The third kappa shape index (κ3) is 7.54. The summed E-state index contributed by atoms with van der Waals surface area (Å²) in [7, 11) is 0. The summed E-state index contributed by atoms with van der Waals surface area (Å²) in [6.45, 7) is 8.75. The van der Waals surface area contributed by atoms with E-state index in [0.717, 1.165) is 11.1 Å². The Kier molecular flexibility index (Phi) is 9.25. The van der Waals surface area contributed by atoms with Crippen LogP contribution in [0, 0.1) is 12.7 Å². The quantitative estimate of drug-likeness (QED) is 0.382. The molecule has 3 aromatic rings. The summed E-state index contributed by atoms with van der Waals surface area (Å²) in [6, 6.07) is 11.6. The maximum atomic E-state index is 13.0. The fraction of sp³-hybridized carbons (Fsp3) is 0.360. The number of carbonyl (C=O) groups excluding carboxylic acids is 2. The topological polar surface area (TPSA) is 98.1 Å². The van der Waals surface area contributed by atoms with Crippen LogP contribution in [0.25, 0.3) is 0 Å².